The van der Waals surface area contributed by atoms with Gasteiger partial charge >= 0.3 is 5.97 Å². The van der Waals surface area contributed by atoms with Gasteiger partial charge in [-0.2, -0.15) is 0 Å². The fourth-order valence-corrected chi connectivity index (χ4v) is 3.39. The third kappa shape index (κ3) is 9.02. The minimum Gasteiger partial charge on any atom is -0.455 e. The van der Waals surface area contributed by atoms with Crippen LogP contribution in [0.3, 0.4) is 0 Å². The Balaban J connectivity index is 2.29. The fourth-order valence-electron chi connectivity index (χ4n) is 3.39. The average Bonchev–Trinajstić information content (AvgIpc) is 2.57. The van der Waals surface area contributed by atoms with Crippen molar-refractivity contribution in [2.24, 2.45) is 0 Å². The third-order valence-electron chi connectivity index (χ3n) is 4.80. The molecule has 1 heterocycles. The highest BCUT2D eigenvalue weighted by Crippen LogP contribution is 2.26. The van der Waals surface area contributed by atoms with Crippen LogP contribution in [0.25, 0.3) is 0 Å². The van der Waals surface area contributed by atoms with E-state index in [4.69, 9.17) is 20.6 Å². The summed E-state index contributed by atoms with van der Waals surface area (Å²) in [6.45, 7) is 4.11. The topological polar surface area (TPSA) is 48.0 Å². The number of hydrogen-bond donors (Lipinski definition) is 0. The van der Waals surface area contributed by atoms with Crippen LogP contribution >= 0.6 is 0 Å². The Kier molecular flexibility index (Phi) is 11.6. The Morgan fingerprint density at radius 2 is 1.77 bits per heavy atom. The maximum Gasteiger partial charge on any atom is 0.303 e. The lowest BCUT2D eigenvalue weighted by Gasteiger charge is -2.42. The van der Waals surface area contributed by atoms with E-state index in [1.165, 1.54) is 32.6 Å². The van der Waals surface area contributed by atoms with Gasteiger partial charge in [-0.3, -0.25) is 4.79 Å². The first kappa shape index (κ1) is 23.0. The summed E-state index contributed by atoms with van der Waals surface area (Å²) in [6.07, 6.45) is 14.4. The molecule has 0 N–H and O–H groups in total. The van der Waals surface area contributed by atoms with Gasteiger partial charge in [0.05, 0.1) is 12.1 Å². The van der Waals surface area contributed by atoms with Crippen LogP contribution in [0.5, 0.6) is 0 Å². The highest BCUT2D eigenvalue weighted by atomic mass is 16.7. The molecule has 1 aliphatic rings. The molecule has 1 rings (SSSR count). The second kappa shape index (κ2) is 13.1. The van der Waals surface area contributed by atoms with E-state index < -0.39 is 6.29 Å². The van der Waals surface area contributed by atoms with Crippen molar-refractivity contribution in [2.75, 3.05) is 20.7 Å². The average molecular weight is 368 g/mol. The summed E-state index contributed by atoms with van der Waals surface area (Å²) in [5, 5.41) is 0. The van der Waals surface area contributed by atoms with Crippen LogP contribution < -0.4 is 0 Å². The van der Waals surface area contributed by atoms with E-state index in [2.05, 4.69) is 10.8 Å². The van der Waals surface area contributed by atoms with Gasteiger partial charge in [0.2, 0.25) is 0 Å². The summed E-state index contributed by atoms with van der Waals surface area (Å²) in [4.78, 5) is 13.6. The van der Waals surface area contributed by atoms with Gasteiger partial charge in [0.1, 0.15) is 0 Å². The Labute approximate surface area is 159 Å². The molecular weight excluding hydrogens is 330 g/mol. The van der Waals surface area contributed by atoms with Crippen molar-refractivity contribution < 1.29 is 19.0 Å². The predicted octanol–water partition coefficient (Wildman–Crippen LogP) is 3.75. The van der Waals surface area contributed by atoms with E-state index >= 15 is 0 Å². The van der Waals surface area contributed by atoms with E-state index in [9.17, 15) is 4.79 Å². The van der Waals surface area contributed by atoms with Gasteiger partial charge in [-0.05, 0) is 40.3 Å². The van der Waals surface area contributed by atoms with Crippen LogP contribution in [-0.4, -0.2) is 56.1 Å². The molecule has 0 amide bonds. The highest BCUT2D eigenvalue weighted by molar-refractivity contribution is 5.66. The molecule has 150 valence electrons. The molecule has 1 fully saturated rings. The van der Waals surface area contributed by atoms with Crippen LogP contribution in [0.2, 0.25) is 0 Å². The van der Waals surface area contributed by atoms with E-state index in [0.29, 0.717) is 6.61 Å². The minimum atomic E-state index is -0.487. The quantitative estimate of drug-likeness (QED) is 0.299. The zero-order valence-electron chi connectivity index (χ0n) is 17.0. The molecule has 0 bridgehead atoms. The molecule has 0 saturated carbocycles. The molecule has 5 nitrogen and oxygen atoms in total. The number of carbonyl (C=O) groups is 1. The zero-order valence-corrected chi connectivity index (χ0v) is 17.0. The molecular formula is C21H37NO4. The summed E-state index contributed by atoms with van der Waals surface area (Å²) in [6, 6.07) is 0.107. The van der Waals surface area contributed by atoms with E-state index in [0.717, 1.165) is 32.1 Å². The van der Waals surface area contributed by atoms with Crippen LogP contribution in [0.4, 0.5) is 0 Å². The van der Waals surface area contributed by atoms with E-state index in [1.54, 1.807) is 0 Å². The zero-order chi connectivity index (χ0) is 19.4. The van der Waals surface area contributed by atoms with Gasteiger partial charge in [-0.1, -0.05) is 32.1 Å². The lowest BCUT2D eigenvalue weighted by atomic mass is 9.99. The summed E-state index contributed by atoms with van der Waals surface area (Å²) < 4.78 is 17.4. The van der Waals surface area contributed by atoms with Crippen molar-refractivity contribution in [3.63, 3.8) is 0 Å². The smallest absolute Gasteiger partial charge is 0.303 e. The summed E-state index contributed by atoms with van der Waals surface area (Å²) in [5.74, 6) is 2.39. The molecule has 0 aromatic heterocycles. The number of nitrogens with zero attached hydrogens (tertiary/aromatic N) is 1. The van der Waals surface area contributed by atoms with Crippen LogP contribution in [-0.2, 0) is 19.0 Å². The van der Waals surface area contributed by atoms with Crippen LogP contribution in [0.15, 0.2) is 0 Å². The molecule has 0 spiro atoms. The van der Waals surface area contributed by atoms with Gasteiger partial charge in [0, 0.05) is 20.0 Å². The minimum absolute atomic E-state index is 0.0854. The van der Waals surface area contributed by atoms with Crippen LogP contribution in [0, 0.1) is 12.3 Å². The molecule has 0 aromatic carbocycles. The number of rotatable bonds is 12. The van der Waals surface area contributed by atoms with Gasteiger partial charge in [-0.15, -0.1) is 12.3 Å². The standard InChI is InChI=1S/C21H37NO4/c1-6-7-8-9-10-11-12-13-14-15-24-21-20(26-18(3)23)19(22(4)5)16-17(2)25-21/h1,17,19-21H,7-16H2,2-5H3. The number of terminal acetylenes is 1. The SMILES string of the molecule is C#CCCCCCCCCCOC1OC(C)CC(N(C)C)C1OC(C)=O. The third-order valence-corrected chi connectivity index (χ3v) is 4.80. The molecule has 4 unspecified atom stereocenters. The molecule has 5 heteroatoms. The highest BCUT2D eigenvalue weighted by Gasteiger charge is 2.41. The molecule has 4 atom stereocenters. The van der Waals surface area contributed by atoms with Gasteiger partial charge in [0.25, 0.3) is 0 Å². The summed E-state index contributed by atoms with van der Waals surface area (Å²) in [7, 11) is 4.00. The van der Waals surface area contributed by atoms with Crippen molar-refractivity contribution >= 4 is 5.97 Å². The number of carbonyl (C=O) groups excluding carboxylic acids is 1. The lowest BCUT2D eigenvalue weighted by molar-refractivity contribution is -0.259. The van der Waals surface area contributed by atoms with Crippen molar-refractivity contribution in [3.8, 4) is 12.3 Å². The van der Waals surface area contributed by atoms with Crippen molar-refractivity contribution in [3.05, 3.63) is 0 Å². The van der Waals surface area contributed by atoms with Gasteiger partial charge in [-0.25, -0.2) is 0 Å². The molecule has 0 aromatic rings. The Morgan fingerprint density at radius 1 is 1.15 bits per heavy atom. The molecule has 26 heavy (non-hydrogen) atoms. The number of likely N-dealkylation sites (N-methyl/N-ethyl adjacent to an activating group) is 1. The molecule has 1 saturated heterocycles. The summed E-state index contributed by atoms with van der Waals surface area (Å²) >= 11 is 0. The molecule has 0 aliphatic carbocycles. The van der Waals surface area contributed by atoms with E-state index in [-0.39, 0.29) is 24.2 Å². The summed E-state index contributed by atoms with van der Waals surface area (Å²) in [5.41, 5.74) is 0. The maximum absolute atomic E-state index is 11.5. The second-order valence-electron chi connectivity index (χ2n) is 7.46. The number of esters is 1. The Morgan fingerprint density at radius 3 is 2.35 bits per heavy atom. The predicted molar refractivity (Wildman–Crippen MR) is 104 cm³/mol. The Bertz CT molecular complexity index is 432. The first-order valence-corrected chi connectivity index (χ1v) is 10.00. The first-order valence-electron chi connectivity index (χ1n) is 10.00. The largest absolute Gasteiger partial charge is 0.455 e. The van der Waals surface area contributed by atoms with Gasteiger partial charge < -0.3 is 19.1 Å². The van der Waals surface area contributed by atoms with Crippen molar-refractivity contribution in [2.45, 2.75) is 96.2 Å². The maximum atomic E-state index is 11.5. The normalized spacial score (nSPS) is 25.8. The second-order valence-corrected chi connectivity index (χ2v) is 7.46. The van der Waals surface area contributed by atoms with Crippen LogP contribution in [0.1, 0.15) is 71.6 Å². The fraction of sp³-hybridized carbons (Fsp3) is 0.857. The number of hydrogen-bond acceptors (Lipinski definition) is 5. The monoisotopic (exact) mass is 367 g/mol. The molecule has 0 radical (unpaired) electrons. The number of unbranched alkanes of at least 4 members (excludes halogenated alkanes) is 7. The Hall–Kier alpha value is -1.09. The first-order chi connectivity index (χ1) is 12.5. The van der Waals surface area contributed by atoms with E-state index in [1.807, 2.05) is 21.0 Å². The van der Waals surface area contributed by atoms with Crippen molar-refractivity contribution in [1.82, 2.24) is 4.90 Å². The van der Waals surface area contributed by atoms with Gasteiger partial charge in [0.15, 0.2) is 12.4 Å². The molecule has 1 aliphatic heterocycles. The lowest BCUT2D eigenvalue weighted by Crippen LogP contribution is -2.55. The van der Waals surface area contributed by atoms with Crippen molar-refractivity contribution in [1.29, 1.82) is 0 Å². The number of ether oxygens (including phenoxy) is 3.